The first-order valence-corrected chi connectivity index (χ1v) is 9.23. The Morgan fingerprint density at radius 2 is 1.73 bits per heavy atom. The van der Waals surface area contributed by atoms with E-state index in [4.69, 9.17) is 0 Å². The molecule has 1 saturated carbocycles. The molecule has 0 unspecified atom stereocenters. The second-order valence-electron chi connectivity index (χ2n) is 7.06. The molecule has 2 aromatic rings. The molecule has 2 fully saturated rings. The van der Waals surface area contributed by atoms with Crippen molar-refractivity contribution in [2.45, 2.75) is 44.8 Å². The van der Waals surface area contributed by atoms with Crippen LogP contribution in [0.1, 0.15) is 36.9 Å². The summed E-state index contributed by atoms with van der Waals surface area (Å²) in [6.07, 6.45) is 6.18. The SMILES string of the molecule is O=C1C(=O)N(C2CCCC2)CCN1Cc1cn(Cc2ccccc2)nn1. The molecule has 2 heterocycles. The van der Waals surface area contributed by atoms with Gasteiger partial charge in [0.15, 0.2) is 0 Å². The van der Waals surface area contributed by atoms with Gasteiger partial charge in [0, 0.05) is 19.1 Å². The number of rotatable bonds is 5. The zero-order valence-corrected chi connectivity index (χ0v) is 14.8. The van der Waals surface area contributed by atoms with Crippen molar-refractivity contribution in [1.29, 1.82) is 0 Å². The molecule has 1 aliphatic carbocycles. The van der Waals surface area contributed by atoms with E-state index in [9.17, 15) is 9.59 Å². The summed E-state index contributed by atoms with van der Waals surface area (Å²) >= 11 is 0. The van der Waals surface area contributed by atoms with Gasteiger partial charge in [-0.3, -0.25) is 9.59 Å². The Bertz CT molecular complexity index is 782. The fourth-order valence-electron chi connectivity index (χ4n) is 3.86. The van der Waals surface area contributed by atoms with Crippen LogP contribution in [0.2, 0.25) is 0 Å². The number of hydrogen-bond acceptors (Lipinski definition) is 4. The maximum absolute atomic E-state index is 12.5. The molecule has 26 heavy (non-hydrogen) atoms. The highest BCUT2D eigenvalue weighted by atomic mass is 16.2. The summed E-state index contributed by atoms with van der Waals surface area (Å²) in [5.74, 6) is -0.777. The minimum atomic E-state index is -0.416. The fourth-order valence-corrected chi connectivity index (χ4v) is 3.86. The molecule has 0 spiro atoms. The van der Waals surface area contributed by atoms with Crippen LogP contribution in [0.4, 0.5) is 0 Å². The smallest absolute Gasteiger partial charge is 0.312 e. The minimum absolute atomic E-state index is 0.250. The molecule has 1 aromatic heterocycles. The van der Waals surface area contributed by atoms with E-state index in [1.807, 2.05) is 36.5 Å². The Morgan fingerprint density at radius 3 is 2.50 bits per heavy atom. The lowest BCUT2D eigenvalue weighted by Gasteiger charge is -2.36. The zero-order chi connectivity index (χ0) is 17.9. The summed E-state index contributed by atoms with van der Waals surface area (Å²) in [5, 5.41) is 8.29. The van der Waals surface area contributed by atoms with Gasteiger partial charge in [-0.05, 0) is 18.4 Å². The van der Waals surface area contributed by atoms with Gasteiger partial charge in [-0.2, -0.15) is 0 Å². The number of aromatic nitrogens is 3. The third-order valence-corrected chi connectivity index (χ3v) is 5.23. The van der Waals surface area contributed by atoms with E-state index in [0.717, 1.165) is 31.2 Å². The molecule has 1 aromatic carbocycles. The highest BCUT2D eigenvalue weighted by Gasteiger charge is 2.37. The zero-order valence-electron chi connectivity index (χ0n) is 14.8. The van der Waals surface area contributed by atoms with Gasteiger partial charge >= 0.3 is 11.8 Å². The molecular weight excluding hydrogens is 330 g/mol. The Balaban J connectivity index is 1.37. The van der Waals surface area contributed by atoms with Crippen molar-refractivity contribution >= 4 is 11.8 Å². The van der Waals surface area contributed by atoms with Gasteiger partial charge in [0.05, 0.1) is 19.3 Å². The van der Waals surface area contributed by atoms with Gasteiger partial charge in [0.25, 0.3) is 0 Å². The number of benzene rings is 1. The van der Waals surface area contributed by atoms with Crippen molar-refractivity contribution in [3.63, 3.8) is 0 Å². The first-order chi connectivity index (χ1) is 12.7. The van der Waals surface area contributed by atoms with Crippen molar-refractivity contribution in [1.82, 2.24) is 24.8 Å². The first kappa shape index (κ1) is 16.8. The molecule has 0 bridgehead atoms. The second kappa shape index (κ2) is 7.27. The minimum Gasteiger partial charge on any atom is -0.330 e. The van der Waals surface area contributed by atoms with Gasteiger partial charge in [-0.15, -0.1) is 5.10 Å². The monoisotopic (exact) mass is 353 g/mol. The van der Waals surface area contributed by atoms with Crippen molar-refractivity contribution in [2.75, 3.05) is 13.1 Å². The Labute approximate surface area is 152 Å². The van der Waals surface area contributed by atoms with Crippen LogP contribution in [-0.4, -0.2) is 55.7 Å². The molecule has 136 valence electrons. The Hall–Kier alpha value is -2.70. The third kappa shape index (κ3) is 3.47. The molecule has 1 saturated heterocycles. The fraction of sp³-hybridized carbons (Fsp3) is 0.474. The van der Waals surface area contributed by atoms with Gasteiger partial charge in [0.2, 0.25) is 0 Å². The third-order valence-electron chi connectivity index (χ3n) is 5.23. The molecular formula is C19H23N5O2. The lowest BCUT2D eigenvalue weighted by Crippen LogP contribution is -2.56. The lowest BCUT2D eigenvalue weighted by atomic mass is 10.1. The van der Waals surface area contributed by atoms with E-state index in [1.54, 1.807) is 14.5 Å². The van der Waals surface area contributed by atoms with Crippen molar-refractivity contribution < 1.29 is 9.59 Å². The van der Waals surface area contributed by atoms with Crippen LogP contribution >= 0.6 is 0 Å². The van der Waals surface area contributed by atoms with E-state index in [1.165, 1.54) is 0 Å². The summed E-state index contributed by atoms with van der Waals surface area (Å²) < 4.78 is 1.76. The van der Waals surface area contributed by atoms with Gasteiger partial charge in [-0.25, -0.2) is 4.68 Å². The Morgan fingerprint density at radius 1 is 0.962 bits per heavy atom. The van der Waals surface area contributed by atoms with Crippen LogP contribution in [-0.2, 0) is 22.7 Å². The number of piperazine rings is 1. The predicted octanol–water partition coefficient (Wildman–Crippen LogP) is 1.44. The normalized spacial score (nSPS) is 18.8. The average Bonchev–Trinajstić information content (AvgIpc) is 3.32. The van der Waals surface area contributed by atoms with E-state index < -0.39 is 5.91 Å². The standard InChI is InChI=1S/C19H23N5O2/c25-18-19(26)24(17-8-4-5-9-17)11-10-22(18)13-16-14-23(21-20-16)12-15-6-2-1-3-7-15/h1-3,6-7,14,17H,4-5,8-13H2. The molecule has 7 heteroatoms. The van der Waals surface area contributed by atoms with Crippen LogP contribution in [0.15, 0.2) is 36.5 Å². The van der Waals surface area contributed by atoms with Crippen molar-refractivity contribution in [3.05, 3.63) is 47.8 Å². The maximum Gasteiger partial charge on any atom is 0.312 e. The number of hydrogen-bond donors (Lipinski definition) is 0. The van der Waals surface area contributed by atoms with Crippen LogP contribution in [0.3, 0.4) is 0 Å². The summed E-state index contributed by atoms with van der Waals surface area (Å²) in [6, 6.07) is 10.3. The van der Waals surface area contributed by atoms with E-state index in [2.05, 4.69) is 10.3 Å². The number of carbonyl (C=O) groups is 2. The van der Waals surface area contributed by atoms with Crippen molar-refractivity contribution in [2.24, 2.45) is 0 Å². The quantitative estimate of drug-likeness (QED) is 0.763. The topological polar surface area (TPSA) is 71.3 Å². The first-order valence-electron chi connectivity index (χ1n) is 9.23. The van der Waals surface area contributed by atoms with E-state index in [0.29, 0.717) is 31.9 Å². The molecule has 0 atom stereocenters. The molecule has 1 aliphatic heterocycles. The molecule has 2 aliphatic rings. The number of carbonyl (C=O) groups excluding carboxylic acids is 2. The number of nitrogens with zero attached hydrogens (tertiary/aromatic N) is 5. The van der Waals surface area contributed by atoms with E-state index >= 15 is 0 Å². The van der Waals surface area contributed by atoms with Crippen LogP contribution < -0.4 is 0 Å². The van der Waals surface area contributed by atoms with Gasteiger partial charge in [0.1, 0.15) is 5.69 Å². The van der Waals surface area contributed by atoms with Gasteiger partial charge < -0.3 is 9.80 Å². The largest absolute Gasteiger partial charge is 0.330 e. The lowest BCUT2D eigenvalue weighted by molar-refractivity contribution is -0.158. The van der Waals surface area contributed by atoms with Gasteiger partial charge in [-0.1, -0.05) is 48.4 Å². The molecule has 0 radical (unpaired) electrons. The second-order valence-corrected chi connectivity index (χ2v) is 7.06. The summed E-state index contributed by atoms with van der Waals surface area (Å²) in [5.41, 5.74) is 1.84. The predicted molar refractivity (Wildman–Crippen MR) is 95.0 cm³/mol. The van der Waals surface area contributed by atoms with Crippen LogP contribution in [0.5, 0.6) is 0 Å². The molecule has 7 nitrogen and oxygen atoms in total. The highest BCUT2D eigenvalue weighted by Crippen LogP contribution is 2.25. The summed E-state index contributed by atoms with van der Waals surface area (Å²) in [7, 11) is 0. The van der Waals surface area contributed by atoms with E-state index in [-0.39, 0.29) is 11.9 Å². The van der Waals surface area contributed by atoms with Crippen LogP contribution in [0, 0.1) is 0 Å². The van der Waals surface area contributed by atoms with Crippen molar-refractivity contribution in [3.8, 4) is 0 Å². The molecule has 2 amide bonds. The average molecular weight is 353 g/mol. The summed E-state index contributed by atoms with van der Waals surface area (Å²) in [4.78, 5) is 28.3. The molecule has 4 rings (SSSR count). The molecule has 0 N–H and O–H groups in total. The summed E-state index contributed by atoms with van der Waals surface area (Å²) in [6.45, 7) is 2.15. The number of amides is 2. The maximum atomic E-state index is 12.5. The Kier molecular flexibility index (Phi) is 4.69. The highest BCUT2D eigenvalue weighted by molar-refractivity contribution is 6.35. The van der Waals surface area contributed by atoms with Crippen LogP contribution in [0.25, 0.3) is 0 Å².